The van der Waals surface area contributed by atoms with Crippen LogP contribution in [0, 0.1) is 5.92 Å². The number of ether oxygens (including phenoxy) is 2. The lowest BCUT2D eigenvalue weighted by atomic mass is 10.0. The minimum Gasteiger partial charge on any atom is -0.493 e. The van der Waals surface area contributed by atoms with Crippen LogP contribution in [0.5, 0.6) is 11.5 Å². The topological polar surface area (TPSA) is 67.9 Å². The second-order valence-electron chi connectivity index (χ2n) is 7.20. The molecule has 2 aromatic carbocycles. The Kier molecular flexibility index (Phi) is 6.22. The highest BCUT2D eigenvalue weighted by Crippen LogP contribution is 2.33. The predicted molar refractivity (Wildman–Crippen MR) is 113 cm³/mol. The van der Waals surface area contributed by atoms with Gasteiger partial charge in [0.05, 0.1) is 24.5 Å². The molecule has 0 spiro atoms. The van der Waals surface area contributed by atoms with Crippen molar-refractivity contribution in [2.45, 2.75) is 20.8 Å². The van der Waals surface area contributed by atoms with E-state index in [0.717, 1.165) is 10.6 Å². The monoisotopic (exact) mass is 394 g/mol. The van der Waals surface area contributed by atoms with Gasteiger partial charge in [0.15, 0.2) is 0 Å². The van der Waals surface area contributed by atoms with Crippen LogP contribution in [-0.4, -0.2) is 37.0 Å². The summed E-state index contributed by atoms with van der Waals surface area (Å²) in [6, 6.07) is 14.6. The zero-order valence-electron chi connectivity index (χ0n) is 17.2. The zero-order chi connectivity index (χ0) is 21.0. The van der Waals surface area contributed by atoms with Crippen LogP contribution < -0.4 is 14.8 Å². The summed E-state index contributed by atoms with van der Waals surface area (Å²) in [5.41, 5.74) is 1.86. The lowest BCUT2D eigenvalue weighted by Crippen LogP contribution is -2.28. The summed E-state index contributed by atoms with van der Waals surface area (Å²) in [6.45, 7) is 7.16. The summed E-state index contributed by atoms with van der Waals surface area (Å²) in [6.07, 6.45) is 0. The third-order valence-electron chi connectivity index (χ3n) is 4.46. The van der Waals surface area contributed by atoms with Crippen molar-refractivity contribution >= 4 is 23.1 Å². The highest BCUT2D eigenvalue weighted by atomic mass is 16.5. The molecule has 0 aromatic heterocycles. The summed E-state index contributed by atoms with van der Waals surface area (Å²) < 4.78 is 11.3. The smallest absolute Gasteiger partial charge is 0.277 e. The van der Waals surface area contributed by atoms with E-state index < -0.39 is 0 Å². The van der Waals surface area contributed by atoms with E-state index in [-0.39, 0.29) is 17.5 Å². The van der Waals surface area contributed by atoms with E-state index in [2.05, 4.69) is 19.2 Å². The van der Waals surface area contributed by atoms with Gasteiger partial charge in [-0.3, -0.25) is 14.5 Å². The molecule has 1 aliphatic rings. The fourth-order valence-electron chi connectivity index (χ4n) is 2.99. The maximum Gasteiger partial charge on any atom is 0.277 e. The van der Waals surface area contributed by atoms with Gasteiger partial charge in [0.2, 0.25) is 0 Å². The minimum absolute atomic E-state index is 0.237. The van der Waals surface area contributed by atoms with Gasteiger partial charge in [-0.1, -0.05) is 38.1 Å². The Balaban J connectivity index is 1.96. The summed E-state index contributed by atoms with van der Waals surface area (Å²) >= 11 is 0. The van der Waals surface area contributed by atoms with E-state index in [0.29, 0.717) is 41.7 Å². The first-order valence-corrected chi connectivity index (χ1v) is 9.71. The number of hydrogen-bond donors (Lipinski definition) is 1. The number of carbonyl (C=O) groups is 2. The molecule has 0 saturated carbocycles. The second-order valence-corrected chi connectivity index (χ2v) is 7.20. The van der Waals surface area contributed by atoms with Crippen molar-refractivity contribution in [3.63, 3.8) is 0 Å². The number of nitrogens with zero attached hydrogens (tertiary/aromatic N) is 1. The number of benzene rings is 2. The van der Waals surface area contributed by atoms with Crippen LogP contribution in [0.15, 0.2) is 54.2 Å². The third kappa shape index (κ3) is 4.42. The maximum absolute atomic E-state index is 12.8. The molecule has 1 aliphatic heterocycles. The molecule has 2 aromatic rings. The van der Waals surface area contributed by atoms with Gasteiger partial charge < -0.3 is 14.8 Å². The van der Waals surface area contributed by atoms with Crippen molar-refractivity contribution < 1.29 is 19.1 Å². The van der Waals surface area contributed by atoms with Crippen LogP contribution in [0.3, 0.4) is 0 Å². The molecule has 0 unspecified atom stereocenters. The molecule has 2 amide bonds. The van der Waals surface area contributed by atoms with Crippen LogP contribution in [-0.2, 0) is 9.59 Å². The highest BCUT2D eigenvalue weighted by Gasteiger charge is 2.37. The molecule has 0 bridgehead atoms. The summed E-state index contributed by atoms with van der Waals surface area (Å²) in [5, 5.41) is 3.12. The van der Waals surface area contributed by atoms with E-state index in [9.17, 15) is 9.59 Å². The molecule has 0 radical (unpaired) electrons. The average Bonchev–Trinajstić information content (AvgIpc) is 2.92. The first kappa shape index (κ1) is 20.5. The Morgan fingerprint density at radius 2 is 1.66 bits per heavy atom. The van der Waals surface area contributed by atoms with E-state index in [1.54, 1.807) is 12.1 Å². The normalized spacial score (nSPS) is 14.0. The van der Waals surface area contributed by atoms with E-state index in [4.69, 9.17) is 9.47 Å². The van der Waals surface area contributed by atoms with Gasteiger partial charge in [0.25, 0.3) is 11.8 Å². The van der Waals surface area contributed by atoms with Gasteiger partial charge in [-0.25, -0.2) is 0 Å². The zero-order valence-corrected chi connectivity index (χ0v) is 17.2. The van der Waals surface area contributed by atoms with Gasteiger partial charge in [0, 0.05) is 7.05 Å². The lowest BCUT2D eigenvalue weighted by Gasteiger charge is -2.13. The summed E-state index contributed by atoms with van der Waals surface area (Å²) in [5.74, 6) is 1.04. The van der Waals surface area contributed by atoms with Crippen molar-refractivity contribution in [2.75, 3.05) is 25.6 Å². The molecule has 0 fully saturated rings. The van der Waals surface area contributed by atoms with Crippen molar-refractivity contribution in [3.05, 3.63) is 59.8 Å². The Labute approximate surface area is 171 Å². The molecule has 152 valence electrons. The number of carbonyl (C=O) groups excluding carboxylic acids is 2. The predicted octanol–water partition coefficient (Wildman–Crippen LogP) is 3.94. The molecule has 29 heavy (non-hydrogen) atoms. The number of para-hydroxylation sites is 2. The number of likely N-dealkylation sites (N-methyl/N-ethyl adjacent to an activating group) is 1. The molecule has 1 heterocycles. The number of rotatable bonds is 8. The lowest BCUT2D eigenvalue weighted by molar-refractivity contribution is -0.135. The summed E-state index contributed by atoms with van der Waals surface area (Å²) in [7, 11) is 1.48. The number of amides is 2. The Bertz CT molecular complexity index is 932. The minimum atomic E-state index is -0.378. The van der Waals surface area contributed by atoms with Crippen LogP contribution in [0.4, 0.5) is 5.69 Å². The molecule has 0 aliphatic carbocycles. The van der Waals surface area contributed by atoms with Crippen LogP contribution in [0.2, 0.25) is 0 Å². The SMILES string of the molecule is CCOc1ccccc1NC1=C(c2ccc(OCC(C)C)cc2)C(=O)N(C)C1=O. The fourth-order valence-corrected chi connectivity index (χ4v) is 2.99. The van der Waals surface area contributed by atoms with Crippen molar-refractivity contribution in [1.82, 2.24) is 4.90 Å². The van der Waals surface area contributed by atoms with Crippen molar-refractivity contribution in [3.8, 4) is 11.5 Å². The van der Waals surface area contributed by atoms with Crippen LogP contribution >= 0.6 is 0 Å². The molecule has 6 heteroatoms. The van der Waals surface area contributed by atoms with Gasteiger partial charge in [-0.15, -0.1) is 0 Å². The Morgan fingerprint density at radius 1 is 0.966 bits per heavy atom. The quantitative estimate of drug-likeness (QED) is 0.687. The van der Waals surface area contributed by atoms with Gasteiger partial charge in [-0.05, 0) is 42.7 Å². The van der Waals surface area contributed by atoms with Gasteiger partial charge in [0.1, 0.15) is 17.2 Å². The molecular weight excluding hydrogens is 368 g/mol. The number of nitrogens with one attached hydrogen (secondary N) is 1. The fraction of sp³-hybridized carbons (Fsp3) is 0.304. The maximum atomic E-state index is 12.8. The largest absolute Gasteiger partial charge is 0.493 e. The highest BCUT2D eigenvalue weighted by molar-refractivity contribution is 6.36. The first-order valence-electron chi connectivity index (χ1n) is 9.71. The van der Waals surface area contributed by atoms with Gasteiger partial charge >= 0.3 is 0 Å². The van der Waals surface area contributed by atoms with Crippen LogP contribution in [0.1, 0.15) is 26.3 Å². The molecule has 1 N–H and O–H groups in total. The molecule has 0 atom stereocenters. The first-order chi connectivity index (χ1) is 13.9. The Morgan fingerprint density at radius 3 is 2.31 bits per heavy atom. The van der Waals surface area contributed by atoms with Crippen LogP contribution in [0.25, 0.3) is 5.57 Å². The second kappa shape index (κ2) is 8.82. The Hall–Kier alpha value is -3.28. The average molecular weight is 394 g/mol. The standard InChI is InChI=1S/C23H26N2O4/c1-5-28-19-9-7-6-8-18(19)24-21-20(22(26)25(4)23(21)27)16-10-12-17(13-11-16)29-14-15(2)3/h6-13,15,24H,5,14H2,1-4H3. The number of imide groups is 1. The third-order valence-corrected chi connectivity index (χ3v) is 4.46. The number of anilines is 1. The molecule has 6 nitrogen and oxygen atoms in total. The van der Waals surface area contributed by atoms with E-state index in [1.807, 2.05) is 43.3 Å². The van der Waals surface area contributed by atoms with Crippen molar-refractivity contribution in [2.24, 2.45) is 5.92 Å². The molecule has 3 rings (SSSR count). The summed E-state index contributed by atoms with van der Waals surface area (Å²) in [4.78, 5) is 26.6. The van der Waals surface area contributed by atoms with E-state index >= 15 is 0 Å². The molecule has 0 saturated heterocycles. The van der Waals surface area contributed by atoms with E-state index in [1.165, 1.54) is 7.05 Å². The van der Waals surface area contributed by atoms with Crippen molar-refractivity contribution in [1.29, 1.82) is 0 Å². The van der Waals surface area contributed by atoms with Gasteiger partial charge in [-0.2, -0.15) is 0 Å². The molecular formula is C23H26N2O4. The number of hydrogen-bond acceptors (Lipinski definition) is 5.